The Morgan fingerprint density at radius 3 is 2.67 bits per heavy atom. The molecule has 5 nitrogen and oxygen atoms in total. The van der Waals surface area contributed by atoms with Gasteiger partial charge in [0.05, 0.1) is 11.7 Å². The summed E-state index contributed by atoms with van der Waals surface area (Å²) in [5.41, 5.74) is 2.07. The summed E-state index contributed by atoms with van der Waals surface area (Å²) in [6.07, 6.45) is 7.58. The van der Waals surface area contributed by atoms with Gasteiger partial charge in [-0.25, -0.2) is 9.67 Å². The zero-order chi connectivity index (χ0) is 16.8. The minimum absolute atomic E-state index is 0.0511. The van der Waals surface area contributed by atoms with Gasteiger partial charge in [-0.1, -0.05) is 19.3 Å². The van der Waals surface area contributed by atoms with Crippen molar-refractivity contribution in [1.82, 2.24) is 14.8 Å². The van der Waals surface area contributed by atoms with Crippen molar-refractivity contribution in [3.63, 3.8) is 0 Å². The first-order valence-corrected chi connectivity index (χ1v) is 9.37. The molecule has 0 aliphatic heterocycles. The molecule has 6 heteroatoms. The fraction of sp³-hybridized carbons (Fsp3) is 0.500. The largest absolute Gasteiger partial charge is 0.377 e. The van der Waals surface area contributed by atoms with Crippen molar-refractivity contribution in [1.29, 1.82) is 0 Å². The Balaban J connectivity index is 2.03. The maximum Gasteiger partial charge on any atom is 0.285 e. The van der Waals surface area contributed by atoms with E-state index in [2.05, 4.69) is 9.88 Å². The summed E-state index contributed by atoms with van der Waals surface area (Å²) in [6.45, 7) is 2.01. The van der Waals surface area contributed by atoms with Gasteiger partial charge >= 0.3 is 0 Å². The number of hydrogen-bond acceptors (Lipinski definition) is 5. The van der Waals surface area contributed by atoms with Gasteiger partial charge in [0.2, 0.25) is 0 Å². The highest BCUT2D eigenvalue weighted by atomic mass is 32.1. The van der Waals surface area contributed by atoms with E-state index in [0.717, 1.165) is 44.5 Å². The Morgan fingerprint density at radius 1 is 1.21 bits per heavy atom. The SMILES string of the molecule is Cc1nn(C2CCCCC2)c(=O)c2sc3nccc(N(C)C)c3c12. The van der Waals surface area contributed by atoms with Crippen molar-refractivity contribution < 1.29 is 0 Å². The number of aryl methyl sites for hydroxylation is 1. The molecule has 0 bridgehead atoms. The van der Waals surface area contributed by atoms with Crippen LogP contribution in [0.15, 0.2) is 17.1 Å². The molecule has 1 fully saturated rings. The molecule has 3 aromatic heterocycles. The van der Waals surface area contributed by atoms with E-state index in [4.69, 9.17) is 5.10 Å². The molecule has 1 aliphatic rings. The third-order valence-electron chi connectivity index (χ3n) is 4.99. The van der Waals surface area contributed by atoms with Crippen molar-refractivity contribution in [3.8, 4) is 0 Å². The molecule has 0 atom stereocenters. The number of rotatable bonds is 2. The fourth-order valence-electron chi connectivity index (χ4n) is 3.81. The van der Waals surface area contributed by atoms with E-state index >= 15 is 0 Å². The van der Waals surface area contributed by atoms with Gasteiger partial charge in [-0.2, -0.15) is 5.10 Å². The van der Waals surface area contributed by atoms with E-state index in [1.54, 1.807) is 4.68 Å². The van der Waals surface area contributed by atoms with Crippen molar-refractivity contribution in [2.24, 2.45) is 0 Å². The number of pyridine rings is 1. The van der Waals surface area contributed by atoms with Gasteiger partial charge in [-0.05, 0) is 25.8 Å². The van der Waals surface area contributed by atoms with Crippen LogP contribution in [0.25, 0.3) is 20.3 Å². The lowest BCUT2D eigenvalue weighted by Gasteiger charge is -2.23. The summed E-state index contributed by atoms with van der Waals surface area (Å²) >= 11 is 1.50. The van der Waals surface area contributed by atoms with Crippen LogP contribution in [0, 0.1) is 6.92 Å². The number of fused-ring (bicyclic) bond motifs is 3. The van der Waals surface area contributed by atoms with E-state index in [1.165, 1.54) is 30.6 Å². The zero-order valence-corrected chi connectivity index (χ0v) is 15.2. The molecule has 1 aliphatic carbocycles. The normalized spacial score (nSPS) is 16.1. The number of nitrogens with zero attached hydrogens (tertiary/aromatic N) is 4. The maximum absolute atomic E-state index is 13.1. The highest BCUT2D eigenvalue weighted by molar-refractivity contribution is 7.25. The van der Waals surface area contributed by atoms with Gasteiger partial charge in [-0.3, -0.25) is 4.79 Å². The van der Waals surface area contributed by atoms with Gasteiger partial charge in [0, 0.05) is 36.8 Å². The topological polar surface area (TPSA) is 51.0 Å². The van der Waals surface area contributed by atoms with E-state index < -0.39 is 0 Å². The van der Waals surface area contributed by atoms with Crippen molar-refractivity contribution in [2.75, 3.05) is 19.0 Å². The van der Waals surface area contributed by atoms with Crippen LogP contribution < -0.4 is 10.5 Å². The lowest BCUT2D eigenvalue weighted by atomic mass is 9.95. The minimum atomic E-state index is 0.0511. The molecule has 1 saturated carbocycles. The fourth-order valence-corrected chi connectivity index (χ4v) is 4.96. The highest BCUT2D eigenvalue weighted by Crippen LogP contribution is 2.38. The number of aromatic nitrogens is 3. The zero-order valence-electron chi connectivity index (χ0n) is 14.4. The Bertz CT molecular complexity index is 966. The van der Waals surface area contributed by atoms with Gasteiger partial charge in [0.25, 0.3) is 5.56 Å². The summed E-state index contributed by atoms with van der Waals surface area (Å²) in [5, 5.41) is 6.74. The molecule has 0 spiro atoms. The maximum atomic E-state index is 13.1. The van der Waals surface area contributed by atoms with Crippen LogP contribution in [0.2, 0.25) is 0 Å². The third kappa shape index (κ3) is 2.32. The average Bonchev–Trinajstić information content (AvgIpc) is 2.99. The van der Waals surface area contributed by atoms with E-state index in [0.29, 0.717) is 0 Å². The predicted octanol–water partition coefficient (Wildman–Crippen LogP) is 3.89. The number of hydrogen-bond donors (Lipinski definition) is 0. The lowest BCUT2D eigenvalue weighted by Crippen LogP contribution is -2.29. The monoisotopic (exact) mass is 342 g/mol. The van der Waals surface area contributed by atoms with Crippen LogP contribution in [-0.2, 0) is 0 Å². The molecular formula is C18H22N4OS. The first kappa shape index (κ1) is 15.6. The first-order chi connectivity index (χ1) is 11.6. The van der Waals surface area contributed by atoms with Gasteiger partial charge in [0.15, 0.2) is 0 Å². The second-order valence-electron chi connectivity index (χ2n) is 6.84. The van der Waals surface area contributed by atoms with E-state index in [-0.39, 0.29) is 11.6 Å². The molecule has 0 aromatic carbocycles. The quantitative estimate of drug-likeness (QED) is 0.709. The summed E-state index contributed by atoms with van der Waals surface area (Å²) in [5.74, 6) is 0. The second-order valence-corrected chi connectivity index (χ2v) is 7.84. The Kier molecular flexibility index (Phi) is 3.79. The Hall–Kier alpha value is -1.95. The van der Waals surface area contributed by atoms with E-state index in [1.807, 2.05) is 33.3 Å². The standard InChI is InChI=1S/C18H22N4OS/c1-11-14-15-13(21(2)3)9-10-19-17(15)24-16(14)18(23)22(20-11)12-7-5-4-6-8-12/h9-10,12H,4-8H2,1-3H3. The van der Waals surface area contributed by atoms with Crippen LogP contribution in [0.5, 0.6) is 0 Å². The summed E-state index contributed by atoms with van der Waals surface area (Å²) in [4.78, 5) is 20.6. The van der Waals surface area contributed by atoms with Gasteiger partial charge in [0.1, 0.15) is 9.53 Å². The average molecular weight is 342 g/mol. The van der Waals surface area contributed by atoms with E-state index in [9.17, 15) is 4.79 Å². The second kappa shape index (κ2) is 5.84. The van der Waals surface area contributed by atoms with Crippen LogP contribution >= 0.6 is 11.3 Å². The first-order valence-electron chi connectivity index (χ1n) is 8.56. The smallest absolute Gasteiger partial charge is 0.285 e. The molecule has 3 aromatic rings. The lowest BCUT2D eigenvalue weighted by molar-refractivity contribution is 0.319. The van der Waals surface area contributed by atoms with Crippen LogP contribution in [0.4, 0.5) is 5.69 Å². The highest BCUT2D eigenvalue weighted by Gasteiger charge is 2.23. The van der Waals surface area contributed by atoms with Gasteiger partial charge < -0.3 is 4.90 Å². The molecule has 0 amide bonds. The molecule has 24 heavy (non-hydrogen) atoms. The van der Waals surface area contributed by atoms with Crippen molar-refractivity contribution in [2.45, 2.75) is 45.1 Å². The molecular weight excluding hydrogens is 320 g/mol. The van der Waals surface area contributed by atoms with Crippen LogP contribution in [0.1, 0.15) is 43.8 Å². The molecule has 4 rings (SSSR count). The summed E-state index contributed by atoms with van der Waals surface area (Å²) in [7, 11) is 4.04. The molecule has 0 N–H and O–H groups in total. The van der Waals surface area contributed by atoms with Crippen LogP contribution in [-0.4, -0.2) is 28.9 Å². The third-order valence-corrected chi connectivity index (χ3v) is 6.08. The van der Waals surface area contributed by atoms with Crippen molar-refractivity contribution in [3.05, 3.63) is 28.3 Å². The van der Waals surface area contributed by atoms with Crippen LogP contribution in [0.3, 0.4) is 0 Å². The molecule has 0 radical (unpaired) electrons. The number of thiophene rings is 1. The minimum Gasteiger partial charge on any atom is -0.377 e. The molecule has 3 heterocycles. The number of anilines is 1. The van der Waals surface area contributed by atoms with Crippen molar-refractivity contribution >= 4 is 37.3 Å². The molecule has 0 saturated heterocycles. The predicted molar refractivity (Wildman–Crippen MR) is 100 cm³/mol. The Labute approximate surface area is 144 Å². The molecule has 126 valence electrons. The molecule has 0 unspecified atom stereocenters. The summed E-state index contributed by atoms with van der Waals surface area (Å²) < 4.78 is 2.55. The van der Waals surface area contributed by atoms with Gasteiger partial charge in [-0.15, -0.1) is 11.3 Å². The Morgan fingerprint density at radius 2 is 1.96 bits per heavy atom. The summed E-state index contributed by atoms with van der Waals surface area (Å²) in [6, 6.07) is 2.25.